The van der Waals surface area contributed by atoms with Gasteiger partial charge in [0.25, 0.3) is 0 Å². The Labute approximate surface area is 87.6 Å². The summed E-state index contributed by atoms with van der Waals surface area (Å²) in [4.78, 5) is 0. The molecule has 0 spiro atoms. The normalized spacial score (nSPS) is 12.9. The third-order valence-corrected chi connectivity index (χ3v) is 1.38. The van der Waals surface area contributed by atoms with Gasteiger partial charge in [0.15, 0.2) is 0 Å². The zero-order valence-corrected chi connectivity index (χ0v) is 7.77. The van der Waals surface area contributed by atoms with Crippen molar-refractivity contribution in [3.05, 3.63) is 11.8 Å². The fraction of sp³-hybridized carbons (Fsp3) is 0.714. The summed E-state index contributed by atoms with van der Waals surface area (Å²) in [6.07, 6.45) is 2.58. The topological polar surface area (TPSA) is 23.1 Å². The van der Waals surface area contributed by atoms with Crippen LogP contribution in [0.15, 0.2) is 11.8 Å². The van der Waals surface area contributed by atoms with E-state index < -0.39 is 0 Å². The van der Waals surface area contributed by atoms with Crippen LogP contribution >= 0.6 is 0 Å². The van der Waals surface area contributed by atoms with Crippen molar-refractivity contribution in [2.24, 2.45) is 5.92 Å². The average Bonchev–Trinajstić information content (AvgIpc) is 1.84. The minimum atomic E-state index is 0. The van der Waals surface area contributed by atoms with Crippen LogP contribution in [0.5, 0.6) is 0 Å². The molecule has 1 atom stereocenters. The minimum absolute atomic E-state index is 0. The molecule has 3 heteroatoms. The van der Waals surface area contributed by atoms with Crippen LogP contribution < -0.4 is 24.0 Å². The summed E-state index contributed by atoms with van der Waals surface area (Å²) in [5.41, 5.74) is 0. The molecule has 0 N–H and O–H groups in total. The van der Waals surface area contributed by atoms with Gasteiger partial charge in [-0.1, -0.05) is 26.3 Å². The van der Waals surface area contributed by atoms with Gasteiger partial charge in [0.2, 0.25) is 0 Å². The van der Waals surface area contributed by atoms with Gasteiger partial charge < -0.3 is 5.11 Å². The van der Waals surface area contributed by atoms with Crippen molar-refractivity contribution in [1.29, 1.82) is 0 Å². The Hall–Kier alpha value is 0.735. The second-order valence-corrected chi connectivity index (χ2v) is 2.00. The van der Waals surface area contributed by atoms with E-state index in [1.54, 1.807) is 13.0 Å². The van der Waals surface area contributed by atoms with Gasteiger partial charge in [0, 0.05) is 18.9 Å². The third-order valence-electron chi connectivity index (χ3n) is 1.38. The number of rotatable bonds is 2. The Bertz CT molecular complexity index is 91.6. The van der Waals surface area contributed by atoms with E-state index in [0.717, 1.165) is 6.42 Å². The van der Waals surface area contributed by atoms with E-state index in [2.05, 4.69) is 0 Å². The molecule has 1 radical (unpaired) electrons. The van der Waals surface area contributed by atoms with E-state index in [1.807, 2.05) is 13.8 Å². The summed E-state index contributed by atoms with van der Waals surface area (Å²) in [5, 5.41) is 10.7. The molecule has 0 bridgehead atoms. The molecule has 0 amide bonds. The van der Waals surface area contributed by atoms with Gasteiger partial charge >= 0.3 is 18.9 Å². The standard InChI is InChI=1S/C7H14O.2Li/c1-4-6(3)7(8)5-2;;/h5-6,8H,4H2,1-3H3;;/q;;+1/p-1/b7-5-;;. The molecule has 0 heterocycles. The van der Waals surface area contributed by atoms with Crippen LogP contribution in [0.4, 0.5) is 0 Å². The van der Waals surface area contributed by atoms with E-state index in [4.69, 9.17) is 0 Å². The van der Waals surface area contributed by atoms with Gasteiger partial charge in [-0.3, -0.25) is 0 Å². The van der Waals surface area contributed by atoms with Crippen molar-refractivity contribution in [3.63, 3.8) is 0 Å². The monoisotopic (exact) mass is 127 g/mol. The Morgan fingerprint density at radius 2 is 2.00 bits per heavy atom. The summed E-state index contributed by atoms with van der Waals surface area (Å²) >= 11 is 0. The molecule has 49 valence electrons. The molecule has 0 rings (SSSR count). The first-order valence-corrected chi connectivity index (χ1v) is 3.05. The van der Waals surface area contributed by atoms with E-state index >= 15 is 0 Å². The number of allylic oxidation sites excluding steroid dienone is 2. The van der Waals surface area contributed by atoms with Crippen molar-refractivity contribution in [3.8, 4) is 0 Å². The molecule has 0 saturated carbocycles. The first kappa shape index (κ1) is 17.0. The first-order valence-electron chi connectivity index (χ1n) is 3.05. The van der Waals surface area contributed by atoms with Crippen LogP contribution in [0.2, 0.25) is 0 Å². The SMILES string of the molecule is C/C=C(\[O-])C(C)CC.[Li+].[Li]. The van der Waals surface area contributed by atoms with Gasteiger partial charge in [0.05, 0.1) is 0 Å². The zero-order valence-electron chi connectivity index (χ0n) is 7.77. The van der Waals surface area contributed by atoms with Crippen molar-refractivity contribution in [2.75, 3.05) is 0 Å². The van der Waals surface area contributed by atoms with Crippen LogP contribution in [-0.2, 0) is 0 Å². The maximum absolute atomic E-state index is 10.7. The van der Waals surface area contributed by atoms with Gasteiger partial charge in [0.1, 0.15) is 0 Å². The van der Waals surface area contributed by atoms with E-state index in [-0.39, 0.29) is 49.4 Å². The van der Waals surface area contributed by atoms with Crippen LogP contribution in [0, 0.1) is 5.92 Å². The molecular formula is C7H13Li2O. The quantitative estimate of drug-likeness (QED) is 0.308. The molecule has 0 fully saturated rings. The molecule has 1 nitrogen and oxygen atoms in total. The van der Waals surface area contributed by atoms with Gasteiger partial charge in [-0.25, -0.2) is 0 Å². The maximum Gasteiger partial charge on any atom is 1.00 e. The van der Waals surface area contributed by atoms with Gasteiger partial charge in [-0.2, -0.15) is 0 Å². The van der Waals surface area contributed by atoms with Crippen molar-refractivity contribution < 1.29 is 24.0 Å². The summed E-state index contributed by atoms with van der Waals surface area (Å²) in [7, 11) is 0. The largest absolute Gasteiger partial charge is 1.00 e. The predicted molar refractivity (Wildman–Crippen MR) is 39.0 cm³/mol. The first-order chi connectivity index (χ1) is 3.72. The van der Waals surface area contributed by atoms with Crippen molar-refractivity contribution in [1.82, 2.24) is 0 Å². The Morgan fingerprint density at radius 3 is 2.10 bits per heavy atom. The molecular weight excluding hydrogens is 114 g/mol. The average molecular weight is 127 g/mol. The van der Waals surface area contributed by atoms with Crippen molar-refractivity contribution in [2.45, 2.75) is 27.2 Å². The Kier molecular flexibility index (Phi) is 16.6. The minimum Gasteiger partial charge on any atom is -0.875 e. The predicted octanol–water partition coefficient (Wildman–Crippen LogP) is -2.08. The smallest absolute Gasteiger partial charge is 0.875 e. The molecule has 10 heavy (non-hydrogen) atoms. The summed E-state index contributed by atoms with van der Waals surface area (Å²) in [6.45, 7) is 5.75. The number of hydrogen-bond donors (Lipinski definition) is 0. The molecule has 0 saturated heterocycles. The van der Waals surface area contributed by atoms with E-state index in [9.17, 15) is 5.11 Å². The second-order valence-electron chi connectivity index (χ2n) is 2.00. The fourth-order valence-electron chi connectivity index (χ4n) is 0.486. The molecule has 0 aliphatic carbocycles. The maximum atomic E-state index is 10.7. The Morgan fingerprint density at radius 1 is 1.60 bits per heavy atom. The van der Waals surface area contributed by atoms with Crippen LogP contribution in [0.25, 0.3) is 0 Å². The molecule has 0 aromatic heterocycles. The summed E-state index contributed by atoms with van der Waals surface area (Å²) in [5.74, 6) is 0.479. The third kappa shape index (κ3) is 6.85. The second kappa shape index (κ2) is 9.73. The molecule has 1 unspecified atom stereocenters. The van der Waals surface area contributed by atoms with Gasteiger partial charge in [-0.15, -0.1) is 5.76 Å². The van der Waals surface area contributed by atoms with E-state index in [0.29, 0.717) is 0 Å². The molecule has 0 aliphatic heterocycles. The fourth-order valence-corrected chi connectivity index (χ4v) is 0.486. The molecule has 0 aromatic rings. The van der Waals surface area contributed by atoms with Crippen LogP contribution in [0.1, 0.15) is 27.2 Å². The molecule has 0 aromatic carbocycles. The molecule has 0 aliphatic rings. The summed E-state index contributed by atoms with van der Waals surface area (Å²) in [6, 6.07) is 0. The Balaban J connectivity index is -0.000000245. The zero-order chi connectivity index (χ0) is 6.57. The van der Waals surface area contributed by atoms with Gasteiger partial charge in [-0.05, 0) is 12.8 Å². The summed E-state index contributed by atoms with van der Waals surface area (Å²) < 4.78 is 0. The number of hydrogen-bond acceptors (Lipinski definition) is 1. The van der Waals surface area contributed by atoms with Crippen molar-refractivity contribution >= 4 is 18.9 Å². The van der Waals surface area contributed by atoms with E-state index in [1.165, 1.54) is 0 Å². The van der Waals surface area contributed by atoms with Crippen LogP contribution in [-0.4, -0.2) is 18.9 Å². The van der Waals surface area contributed by atoms with Crippen LogP contribution in [0.3, 0.4) is 0 Å².